The molecule has 0 spiro atoms. The second-order valence-corrected chi connectivity index (χ2v) is 18.7. The second-order valence-electron chi connectivity index (χ2n) is 13.7. The Morgan fingerprint density at radius 2 is 0.814 bits per heavy atom. The maximum atomic E-state index is 11.9. The molecule has 0 heterocycles. The van der Waals surface area contributed by atoms with Crippen LogP contribution >= 0.6 is 35.4 Å². The van der Waals surface area contributed by atoms with E-state index in [1.807, 2.05) is 43.8 Å². The van der Waals surface area contributed by atoms with Crippen LogP contribution in [0.4, 0.5) is 5.69 Å². The van der Waals surface area contributed by atoms with E-state index in [1.54, 1.807) is 0 Å². The van der Waals surface area contributed by atoms with Crippen LogP contribution in [0.15, 0.2) is 218 Å². The molecule has 302 valence electrons. The number of esters is 1. The van der Waals surface area contributed by atoms with Crippen molar-refractivity contribution in [2.45, 2.75) is 38.5 Å². The molecule has 0 radical (unpaired) electrons. The zero-order chi connectivity index (χ0) is 41.3. The van der Waals surface area contributed by atoms with Crippen molar-refractivity contribution in [3.05, 3.63) is 224 Å². The number of carbonyl (C=O) groups is 1. The van der Waals surface area contributed by atoms with Crippen molar-refractivity contribution in [2.75, 3.05) is 12.4 Å². The van der Waals surface area contributed by atoms with Gasteiger partial charge in [0.2, 0.25) is 0 Å². The molecule has 0 aliphatic heterocycles. The largest absolute Gasteiger partial charge is 0.102 e. The molecular formula is C52H52INO2P2Pd+2. The molecule has 7 aromatic carbocycles. The number of para-hydroxylation sites is 1. The molecule has 1 aliphatic carbocycles. The zero-order valence-corrected chi connectivity index (χ0v) is 39.1. The van der Waals surface area contributed by atoms with Crippen molar-refractivity contribution in [2.24, 2.45) is 0 Å². The number of rotatable bonds is 9. The van der Waals surface area contributed by atoms with Crippen LogP contribution < -0.4 is 37.1 Å². The minimum Gasteiger partial charge on any atom is -0.0620 e. The van der Waals surface area contributed by atoms with Crippen LogP contribution in [0.3, 0.4) is 0 Å². The van der Waals surface area contributed by atoms with Gasteiger partial charge in [-0.15, -0.1) is 6.07 Å². The van der Waals surface area contributed by atoms with E-state index in [2.05, 4.69) is 209 Å². The van der Waals surface area contributed by atoms with Gasteiger partial charge in [-0.3, -0.25) is 0 Å². The number of benzene rings is 7. The van der Waals surface area contributed by atoms with E-state index >= 15 is 0 Å². The summed E-state index contributed by atoms with van der Waals surface area (Å²) < 4.78 is 4.91. The molecule has 59 heavy (non-hydrogen) atoms. The van der Waals surface area contributed by atoms with E-state index in [-0.39, 0.29) is 5.97 Å². The van der Waals surface area contributed by atoms with Gasteiger partial charge in [0.15, 0.2) is 0 Å². The van der Waals surface area contributed by atoms with Gasteiger partial charge in [-0.05, 0) is 98.5 Å². The SMILES string of the molecule is COC(=O)C1=C(Nc2[c-]cccc2)CCCCCC1.[Pd+][I].c1ccc([PH+](c2ccccc2)c2ccccc2)cc1.c1ccc([PH+](c2ccccc2)c2ccccc2)cc1. The predicted molar refractivity (Wildman–Crippen MR) is 263 cm³/mol. The monoisotopic (exact) mass is 1020 g/mol. The Morgan fingerprint density at radius 3 is 1.12 bits per heavy atom. The average Bonchev–Trinajstić information content (AvgIpc) is 3.31. The summed E-state index contributed by atoms with van der Waals surface area (Å²) in [5.74, 6) is -0.208. The summed E-state index contributed by atoms with van der Waals surface area (Å²) in [7, 11) is -0.310. The van der Waals surface area contributed by atoms with Gasteiger partial charge in [-0.2, -0.15) is 24.3 Å². The van der Waals surface area contributed by atoms with Crippen LogP contribution in [0, 0.1) is 6.07 Å². The molecule has 7 aromatic rings. The molecule has 0 bridgehead atoms. The van der Waals surface area contributed by atoms with Gasteiger partial charge in [-0.1, -0.05) is 128 Å². The topological polar surface area (TPSA) is 38.3 Å². The Hall–Kier alpha value is -4.20. The molecule has 1 aliphatic rings. The third-order valence-corrected chi connectivity index (χ3v) is 15.2. The van der Waals surface area contributed by atoms with Crippen molar-refractivity contribution in [1.82, 2.24) is 0 Å². The first-order valence-corrected chi connectivity index (χ1v) is 27.6. The number of nitrogens with one attached hydrogen (secondary N) is 1. The van der Waals surface area contributed by atoms with Gasteiger partial charge in [0.05, 0.1) is 28.5 Å². The number of halogens is 1. The smallest absolute Gasteiger partial charge is 0.0620 e. The summed E-state index contributed by atoms with van der Waals surface area (Å²) in [6.45, 7) is 0. The van der Waals surface area contributed by atoms with Crippen LogP contribution in [-0.4, -0.2) is 13.1 Å². The molecule has 7 heteroatoms. The van der Waals surface area contributed by atoms with Gasteiger partial charge in [0, 0.05) is 5.70 Å². The Bertz CT molecular complexity index is 1910. The third-order valence-electron chi connectivity index (χ3n) is 9.77. The zero-order valence-electron chi connectivity index (χ0n) is 33.4. The molecule has 0 amide bonds. The first-order valence-electron chi connectivity index (χ1n) is 19.9. The van der Waals surface area contributed by atoms with Crippen LogP contribution in [0.2, 0.25) is 0 Å². The maximum Gasteiger partial charge on any atom is 0.102 e. The molecule has 0 atom stereocenters. The predicted octanol–water partition coefficient (Wildman–Crippen LogP) is 10.9. The summed E-state index contributed by atoms with van der Waals surface area (Å²) in [6.07, 6.45) is 6.25. The number of carbonyl (C=O) groups excluding carboxylic acids is 1. The summed E-state index contributed by atoms with van der Waals surface area (Å²) in [5.41, 5.74) is 2.69. The minimum atomic E-state index is -0.877. The van der Waals surface area contributed by atoms with Gasteiger partial charge < -0.3 is 10.1 Å². The molecule has 3 nitrogen and oxygen atoms in total. The summed E-state index contributed by atoms with van der Waals surface area (Å²) in [6, 6.07) is 75.8. The van der Waals surface area contributed by atoms with Crippen LogP contribution in [-0.2, 0) is 25.1 Å². The fourth-order valence-corrected chi connectivity index (χ4v) is 12.2. The number of allylic oxidation sites excluding steroid dienone is 1. The van der Waals surface area contributed by atoms with Gasteiger partial charge in [0.25, 0.3) is 0 Å². The van der Waals surface area contributed by atoms with Crippen LogP contribution in [0.1, 0.15) is 38.5 Å². The van der Waals surface area contributed by atoms with E-state index in [1.165, 1.54) is 51.8 Å². The standard InChI is InChI=1S/2C18H15P.C16H20NO2.HI.Pd/c2*1-4-10-16(11-5-1)19(17-12-6-2-7-13-17)18-14-8-3-9-15-18;1-19-16(18)14-11-7-2-3-8-12-15(14)17-13-9-5-4-6-10-13;;/h2*1-15H;4-6,9,17H,2-3,7-8,11-12H2,1H3;1H;/q;;-1;;+2/p+1. The molecule has 0 saturated heterocycles. The van der Waals surface area contributed by atoms with E-state index in [0.29, 0.717) is 0 Å². The number of anilines is 1. The normalized spacial score (nSPS) is 12.2. The van der Waals surface area contributed by atoms with E-state index < -0.39 is 15.8 Å². The summed E-state index contributed by atoms with van der Waals surface area (Å²) in [4.78, 5) is 11.9. The molecule has 1 N–H and O–H groups in total. The van der Waals surface area contributed by atoms with Crippen LogP contribution in [0.25, 0.3) is 0 Å². The fourth-order valence-electron chi connectivity index (χ4n) is 7.01. The molecule has 0 saturated carbocycles. The molecule has 0 aromatic heterocycles. The van der Waals surface area contributed by atoms with Crippen molar-refractivity contribution in [3.8, 4) is 0 Å². The first-order chi connectivity index (χ1) is 29.2. The van der Waals surface area contributed by atoms with Gasteiger partial charge in [0.1, 0.15) is 31.8 Å². The van der Waals surface area contributed by atoms with Crippen molar-refractivity contribution in [3.63, 3.8) is 0 Å². The Labute approximate surface area is 375 Å². The Balaban J connectivity index is 0.000000165. The van der Waals surface area contributed by atoms with Gasteiger partial charge >= 0.3 is 41.1 Å². The Kier molecular flexibility index (Phi) is 20.8. The van der Waals surface area contributed by atoms with E-state index in [9.17, 15) is 4.79 Å². The van der Waals surface area contributed by atoms with Crippen molar-refractivity contribution in [1.29, 1.82) is 0 Å². The molecular weight excluding hydrogens is 966 g/mol. The molecule has 8 rings (SSSR count). The molecule has 0 fully saturated rings. The van der Waals surface area contributed by atoms with E-state index in [0.717, 1.165) is 42.6 Å². The number of ether oxygens (including phenoxy) is 1. The Morgan fingerprint density at radius 1 is 0.492 bits per heavy atom. The second kappa shape index (κ2) is 26.8. The summed E-state index contributed by atoms with van der Waals surface area (Å²) in [5, 5.41) is 11.9. The van der Waals surface area contributed by atoms with Gasteiger partial charge in [-0.25, -0.2) is 4.79 Å². The number of methoxy groups -OCH3 is 1. The average molecular weight is 1020 g/mol. The van der Waals surface area contributed by atoms with Crippen molar-refractivity contribution >= 4 is 78.8 Å². The first kappa shape index (κ1) is 45.9. The quantitative estimate of drug-likeness (QED) is 0.0515. The van der Waals surface area contributed by atoms with Crippen LogP contribution in [0.5, 0.6) is 0 Å². The maximum absolute atomic E-state index is 11.9. The molecule has 0 unspecified atom stereocenters. The fraction of sp³-hybridized carbons (Fsp3) is 0.135. The number of hydrogen-bond acceptors (Lipinski definition) is 3. The van der Waals surface area contributed by atoms with E-state index in [4.69, 9.17) is 4.74 Å². The summed E-state index contributed by atoms with van der Waals surface area (Å²) >= 11 is 4.72. The third kappa shape index (κ3) is 14.8. The number of hydrogen-bond donors (Lipinski definition) is 1. The minimum absolute atomic E-state index is 0.208. The van der Waals surface area contributed by atoms with Crippen molar-refractivity contribution < 1.29 is 25.1 Å².